The highest BCUT2D eigenvalue weighted by Gasteiger charge is 2.34. The molecule has 0 bridgehead atoms. The fourth-order valence-corrected chi connectivity index (χ4v) is 3.14. The van der Waals surface area contributed by atoms with Crippen LogP contribution in [0.25, 0.3) is 5.69 Å². The van der Waals surface area contributed by atoms with Gasteiger partial charge in [-0.2, -0.15) is 5.10 Å². The molecule has 2 heterocycles. The fraction of sp³-hybridized carbons (Fsp3) is 0.211. The number of benzene rings is 2. The van der Waals surface area contributed by atoms with Crippen LogP contribution in [-0.2, 0) is 6.42 Å². The monoisotopic (exact) mass is 306 g/mol. The summed E-state index contributed by atoms with van der Waals surface area (Å²) in [5.41, 5.74) is 4.02. The first-order valence-corrected chi connectivity index (χ1v) is 7.77. The molecule has 0 radical (unpaired) electrons. The molecule has 23 heavy (non-hydrogen) atoms. The third-order valence-electron chi connectivity index (χ3n) is 4.37. The standard InChI is InChI=1S/C19H18N2O2/c1-13-16-12-17(14-8-4-2-5-9-14)19(22)23-18(16)21(20-13)15-10-6-3-7-11-15/h2-11,17,19,22H,12H2,1H3/t17-,19?/m0/s1. The second-order valence-corrected chi connectivity index (χ2v) is 5.85. The molecule has 0 saturated heterocycles. The predicted molar refractivity (Wildman–Crippen MR) is 87.8 cm³/mol. The number of hydrogen-bond acceptors (Lipinski definition) is 3. The van der Waals surface area contributed by atoms with Crippen molar-refractivity contribution in [3.05, 3.63) is 77.5 Å². The number of aliphatic hydroxyl groups excluding tert-OH is 1. The molecular weight excluding hydrogens is 288 g/mol. The predicted octanol–water partition coefficient (Wildman–Crippen LogP) is 3.22. The highest BCUT2D eigenvalue weighted by Crippen LogP contribution is 2.38. The van der Waals surface area contributed by atoms with E-state index in [4.69, 9.17) is 4.74 Å². The van der Waals surface area contributed by atoms with E-state index in [1.54, 1.807) is 4.68 Å². The van der Waals surface area contributed by atoms with Crippen molar-refractivity contribution in [2.75, 3.05) is 0 Å². The number of aliphatic hydroxyl groups is 1. The number of nitrogens with zero attached hydrogens (tertiary/aromatic N) is 2. The number of aromatic nitrogens is 2. The second kappa shape index (κ2) is 5.56. The summed E-state index contributed by atoms with van der Waals surface area (Å²) >= 11 is 0. The molecule has 1 aliphatic rings. The normalized spacial score (nSPS) is 19.9. The SMILES string of the molecule is Cc1nn(-c2ccccc2)c2c1C[C@@H](c1ccccc1)C(O)O2. The maximum absolute atomic E-state index is 10.5. The van der Waals surface area contributed by atoms with Crippen molar-refractivity contribution in [3.8, 4) is 11.6 Å². The van der Waals surface area contributed by atoms with Crippen molar-refractivity contribution in [3.63, 3.8) is 0 Å². The van der Waals surface area contributed by atoms with E-state index in [1.807, 2.05) is 67.6 Å². The first kappa shape index (κ1) is 14.0. The lowest BCUT2D eigenvalue weighted by Crippen LogP contribution is -2.31. The summed E-state index contributed by atoms with van der Waals surface area (Å²) in [5.74, 6) is 0.573. The van der Waals surface area contributed by atoms with Gasteiger partial charge in [-0.1, -0.05) is 48.5 Å². The van der Waals surface area contributed by atoms with Crippen molar-refractivity contribution in [2.24, 2.45) is 0 Å². The Morgan fingerprint density at radius 1 is 1.04 bits per heavy atom. The summed E-state index contributed by atoms with van der Waals surface area (Å²) in [7, 11) is 0. The highest BCUT2D eigenvalue weighted by molar-refractivity contribution is 5.43. The van der Waals surface area contributed by atoms with Gasteiger partial charge in [-0.3, -0.25) is 0 Å². The number of hydrogen-bond donors (Lipinski definition) is 1. The minimum Gasteiger partial charge on any atom is -0.447 e. The van der Waals surface area contributed by atoms with Gasteiger partial charge in [-0.25, -0.2) is 4.68 Å². The van der Waals surface area contributed by atoms with Crippen LogP contribution in [0, 0.1) is 6.92 Å². The van der Waals surface area contributed by atoms with Crippen molar-refractivity contribution >= 4 is 0 Å². The summed E-state index contributed by atoms with van der Waals surface area (Å²) in [5, 5.41) is 15.1. The van der Waals surface area contributed by atoms with Crippen LogP contribution in [0.1, 0.15) is 22.7 Å². The molecule has 0 amide bonds. The molecule has 4 rings (SSSR count). The molecule has 4 nitrogen and oxygen atoms in total. The molecule has 116 valence electrons. The summed E-state index contributed by atoms with van der Waals surface area (Å²) in [4.78, 5) is 0. The van der Waals surface area contributed by atoms with Gasteiger partial charge in [0.1, 0.15) is 0 Å². The average molecular weight is 306 g/mol. The maximum Gasteiger partial charge on any atom is 0.222 e. The van der Waals surface area contributed by atoms with E-state index in [-0.39, 0.29) is 5.92 Å². The van der Waals surface area contributed by atoms with Crippen LogP contribution in [0.2, 0.25) is 0 Å². The van der Waals surface area contributed by atoms with Gasteiger partial charge >= 0.3 is 0 Å². The maximum atomic E-state index is 10.5. The first-order valence-electron chi connectivity index (χ1n) is 7.77. The second-order valence-electron chi connectivity index (χ2n) is 5.85. The topological polar surface area (TPSA) is 47.3 Å². The zero-order chi connectivity index (χ0) is 15.8. The van der Waals surface area contributed by atoms with Crippen LogP contribution < -0.4 is 4.74 Å². The van der Waals surface area contributed by atoms with Gasteiger partial charge in [0.05, 0.1) is 17.3 Å². The van der Waals surface area contributed by atoms with Crippen LogP contribution in [0.15, 0.2) is 60.7 Å². The number of para-hydroxylation sites is 1. The first-order chi connectivity index (χ1) is 11.2. The zero-order valence-corrected chi connectivity index (χ0v) is 12.9. The molecule has 0 fully saturated rings. The molecule has 1 aromatic heterocycles. The Balaban J connectivity index is 1.75. The van der Waals surface area contributed by atoms with Crippen molar-refractivity contribution in [1.29, 1.82) is 0 Å². The molecular formula is C19H18N2O2. The average Bonchev–Trinajstić information content (AvgIpc) is 2.92. The van der Waals surface area contributed by atoms with Crippen molar-refractivity contribution < 1.29 is 9.84 Å². The minimum absolute atomic E-state index is 0.0733. The molecule has 0 spiro atoms. The van der Waals surface area contributed by atoms with Gasteiger partial charge in [0.25, 0.3) is 0 Å². The summed E-state index contributed by atoms with van der Waals surface area (Å²) in [6, 6.07) is 19.8. The highest BCUT2D eigenvalue weighted by atomic mass is 16.6. The zero-order valence-electron chi connectivity index (χ0n) is 12.9. The molecule has 1 unspecified atom stereocenters. The molecule has 2 aromatic carbocycles. The molecule has 1 aliphatic heterocycles. The van der Waals surface area contributed by atoms with E-state index in [2.05, 4.69) is 5.10 Å². The van der Waals surface area contributed by atoms with E-state index < -0.39 is 6.29 Å². The lowest BCUT2D eigenvalue weighted by molar-refractivity contribution is -0.0525. The van der Waals surface area contributed by atoms with Gasteiger partial charge in [-0.05, 0) is 31.0 Å². The third-order valence-corrected chi connectivity index (χ3v) is 4.37. The Labute approximate surface area is 135 Å². The molecule has 1 N–H and O–H groups in total. The van der Waals surface area contributed by atoms with E-state index in [1.165, 1.54) is 0 Å². The molecule has 0 saturated carbocycles. The Hall–Kier alpha value is -2.59. The smallest absolute Gasteiger partial charge is 0.222 e. The van der Waals surface area contributed by atoms with E-state index in [0.29, 0.717) is 5.88 Å². The Bertz CT molecular complexity index is 812. The van der Waals surface area contributed by atoms with Crippen LogP contribution >= 0.6 is 0 Å². The van der Waals surface area contributed by atoms with Gasteiger partial charge in [0.15, 0.2) is 0 Å². The van der Waals surface area contributed by atoms with Crippen LogP contribution in [0.3, 0.4) is 0 Å². The van der Waals surface area contributed by atoms with Gasteiger partial charge < -0.3 is 9.84 Å². The Kier molecular flexibility index (Phi) is 3.39. The van der Waals surface area contributed by atoms with Gasteiger partial charge in [0, 0.05) is 5.56 Å². The van der Waals surface area contributed by atoms with Gasteiger partial charge in [-0.15, -0.1) is 0 Å². The number of rotatable bonds is 2. The van der Waals surface area contributed by atoms with Crippen molar-refractivity contribution in [1.82, 2.24) is 9.78 Å². The number of fused-ring (bicyclic) bond motifs is 1. The van der Waals surface area contributed by atoms with Gasteiger partial charge in [0.2, 0.25) is 12.2 Å². The van der Waals surface area contributed by atoms with Crippen LogP contribution in [0.5, 0.6) is 5.88 Å². The lowest BCUT2D eigenvalue weighted by atomic mass is 9.90. The van der Waals surface area contributed by atoms with E-state index >= 15 is 0 Å². The summed E-state index contributed by atoms with van der Waals surface area (Å²) in [6.07, 6.45) is -0.150. The number of aryl methyl sites for hydroxylation is 1. The lowest BCUT2D eigenvalue weighted by Gasteiger charge is -2.29. The molecule has 4 heteroatoms. The van der Waals surface area contributed by atoms with Crippen LogP contribution in [0.4, 0.5) is 0 Å². The number of ether oxygens (including phenoxy) is 1. The quantitative estimate of drug-likeness (QED) is 0.791. The third kappa shape index (κ3) is 2.41. The Morgan fingerprint density at radius 3 is 2.39 bits per heavy atom. The van der Waals surface area contributed by atoms with Crippen LogP contribution in [-0.4, -0.2) is 21.2 Å². The Morgan fingerprint density at radius 2 is 1.70 bits per heavy atom. The molecule has 0 aliphatic carbocycles. The fourth-order valence-electron chi connectivity index (χ4n) is 3.14. The largest absolute Gasteiger partial charge is 0.447 e. The van der Waals surface area contributed by atoms with E-state index in [0.717, 1.165) is 28.9 Å². The van der Waals surface area contributed by atoms with E-state index in [9.17, 15) is 5.11 Å². The summed E-state index contributed by atoms with van der Waals surface area (Å²) < 4.78 is 7.63. The minimum atomic E-state index is -0.872. The molecule has 3 aromatic rings. The van der Waals surface area contributed by atoms with Crippen molar-refractivity contribution in [2.45, 2.75) is 25.6 Å². The summed E-state index contributed by atoms with van der Waals surface area (Å²) in [6.45, 7) is 1.99. The molecule has 2 atom stereocenters.